The molecule has 1 saturated heterocycles. The Kier molecular flexibility index (Phi) is 4.55. The van der Waals surface area contributed by atoms with Crippen molar-refractivity contribution in [1.29, 1.82) is 0 Å². The molecule has 1 aliphatic heterocycles. The standard InChI is InChI=1S/C17H24F2N2/c1-20-16(14-6-3-7-15(18)17(14)19)8-9-21-10-12-4-2-5-13(12)11-21/h3,6-7,12-13,16,20H,2,4-5,8-11H2,1H3. The van der Waals surface area contributed by atoms with E-state index in [1.54, 1.807) is 12.1 Å². The SMILES string of the molecule is CNC(CCN1CC2CCCC2C1)c1cccc(F)c1F. The second-order valence-electron chi connectivity index (χ2n) is 6.48. The fraction of sp³-hybridized carbons (Fsp3) is 0.647. The molecule has 0 aromatic heterocycles. The van der Waals surface area contributed by atoms with E-state index in [4.69, 9.17) is 0 Å². The summed E-state index contributed by atoms with van der Waals surface area (Å²) in [4.78, 5) is 2.50. The number of halogens is 2. The van der Waals surface area contributed by atoms with E-state index in [0.717, 1.165) is 24.8 Å². The van der Waals surface area contributed by atoms with Crippen molar-refractivity contribution in [2.45, 2.75) is 31.7 Å². The Balaban J connectivity index is 1.59. The number of likely N-dealkylation sites (tertiary alicyclic amines) is 1. The zero-order chi connectivity index (χ0) is 14.8. The van der Waals surface area contributed by atoms with Crippen LogP contribution in [0.25, 0.3) is 0 Å². The highest BCUT2D eigenvalue weighted by Gasteiger charge is 2.35. The summed E-state index contributed by atoms with van der Waals surface area (Å²) in [6, 6.07) is 4.31. The maximum absolute atomic E-state index is 13.9. The van der Waals surface area contributed by atoms with E-state index in [1.807, 2.05) is 7.05 Å². The molecule has 116 valence electrons. The zero-order valence-electron chi connectivity index (χ0n) is 12.6. The van der Waals surface area contributed by atoms with E-state index in [1.165, 1.54) is 38.4 Å². The Bertz CT molecular complexity index is 480. The molecule has 21 heavy (non-hydrogen) atoms. The predicted octanol–water partition coefficient (Wildman–Crippen LogP) is 3.35. The number of hydrogen-bond donors (Lipinski definition) is 1. The minimum Gasteiger partial charge on any atom is -0.313 e. The first-order chi connectivity index (χ1) is 10.2. The Morgan fingerprint density at radius 2 is 1.95 bits per heavy atom. The minimum absolute atomic E-state index is 0.124. The van der Waals surface area contributed by atoms with E-state index in [2.05, 4.69) is 10.2 Å². The molecule has 2 fully saturated rings. The number of benzene rings is 1. The van der Waals surface area contributed by atoms with Crippen LogP contribution in [-0.4, -0.2) is 31.6 Å². The maximum atomic E-state index is 13.9. The quantitative estimate of drug-likeness (QED) is 0.896. The summed E-state index contributed by atoms with van der Waals surface area (Å²) < 4.78 is 27.3. The highest BCUT2D eigenvalue weighted by atomic mass is 19.2. The van der Waals surface area contributed by atoms with Gasteiger partial charge in [-0.1, -0.05) is 18.6 Å². The molecule has 1 aromatic carbocycles. The molecule has 2 nitrogen and oxygen atoms in total. The van der Waals surface area contributed by atoms with Crippen LogP contribution in [0.2, 0.25) is 0 Å². The third kappa shape index (κ3) is 3.11. The molecule has 1 heterocycles. The first kappa shape index (κ1) is 14.9. The predicted molar refractivity (Wildman–Crippen MR) is 80.0 cm³/mol. The van der Waals surface area contributed by atoms with Crippen molar-refractivity contribution in [3.05, 3.63) is 35.4 Å². The first-order valence-electron chi connectivity index (χ1n) is 8.02. The summed E-state index contributed by atoms with van der Waals surface area (Å²) in [5.41, 5.74) is 0.442. The van der Waals surface area contributed by atoms with E-state index in [0.29, 0.717) is 5.56 Å². The number of nitrogens with one attached hydrogen (secondary N) is 1. The minimum atomic E-state index is -0.761. The molecule has 0 bridgehead atoms. The molecule has 3 unspecified atom stereocenters. The Labute approximate surface area is 125 Å². The van der Waals surface area contributed by atoms with Gasteiger partial charge in [-0.15, -0.1) is 0 Å². The fourth-order valence-electron chi connectivity index (χ4n) is 4.07. The fourth-order valence-corrected chi connectivity index (χ4v) is 4.07. The lowest BCUT2D eigenvalue weighted by Gasteiger charge is -2.22. The molecule has 0 spiro atoms. The third-order valence-corrected chi connectivity index (χ3v) is 5.24. The second kappa shape index (κ2) is 6.41. The van der Waals surface area contributed by atoms with Crippen molar-refractivity contribution in [2.75, 3.05) is 26.7 Å². The van der Waals surface area contributed by atoms with Gasteiger partial charge >= 0.3 is 0 Å². The molecule has 2 aliphatic rings. The Morgan fingerprint density at radius 3 is 2.62 bits per heavy atom. The largest absolute Gasteiger partial charge is 0.313 e. The normalized spacial score (nSPS) is 27.0. The summed E-state index contributed by atoms with van der Waals surface area (Å²) in [5.74, 6) is 0.284. The van der Waals surface area contributed by atoms with Crippen LogP contribution >= 0.6 is 0 Å². The smallest absolute Gasteiger partial charge is 0.163 e. The molecule has 3 atom stereocenters. The average Bonchev–Trinajstić information content (AvgIpc) is 3.05. The van der Waals surface area contributed by atoms with Gasteiger partial charge in [0.1, 0.15) is 0 Å². The van der Waals surface area contributed by atoms with E-state index in [9.17, 15) is 8.78 Å². The molecule has 1 aliphatic carbocycles. The van der Waals surface area contributed by atoms with Gasteiger partial charge in [-0.25, -0.2) is 8.78 Å². The van der Waals surface area contributed by atoms with Gasteiger partial charge in [0.05, 0.1) is 0 Å². The van der Waals surface area contributed by atoms with Crippen molar-refractivity contribution in [2.24, 2.45) is 11.8 Å². The van der Waals surface area contributed by atoms with Gasteiger partial charge < -0.3 is 10.2 Å². The van der Waals surface area contributed by atoms with Crippen molar-refractivity contribution in [3.63, 3.8) is 0 Å². The summed E-state index contributed by atoms with van der Waals surface area (Å²) in [7, 11) is 1.81. The van der Waals surface area contributed by atoms with Gasteiger partial charge in [-0.3, -0.25) is 0 Å². The van der Waals surface area contributed by atoms with Crippen LogP contribution in [0.3, 0.4) is 0 Å². The molecular formula is C17H24F2N2. The monoisotopic (exact) mass is 294 g/mol. The molecule has 1 N–H and O–H groups in total. The molecule has 4 heteroatoms. The molecular weight excluding hydrogens is 270 g/mol. The lowest BCUT2D eigenvalue weighted by molar-refractivity contribution is 0.289. The molecule has 0 amide bonds. The second-order valence-corrected chi connectivity index (χ2v) is 6.48. The van der Waals surface area contributed by atoms with E-state index in [-0.39, 0.29) is 6.04 Å². The molecule has 3 rings (SSSR count). The van der Waals surface area contributed by atoms with Crippen LogP contribution in [0.5, 0.6) is 0 Å². The van der Waals surface area contributed by atoms with Crippen molar-refractivity contribution in [3.8, 4) is 0 Å². The van der Waals surface area contributed by atoms with E-state index >= 15 is 0 Å². The summed E-state index contributed by atoms with van der Waals surface area (Å²) in [6.07, 6.45) is 4.94. The maximum Gasteiger partial charge on any atom is 0.163 e. The average molecular weight is 294 g/mol. The summed E-state index contributed by atoms with van der Waals surface area (Å²) in [5, 5.41) is 3.13. The number of nitrogens with zero attached hydrogens (tertiary/aromatic N) is 1. The van der Waals surface area contributed by atoms with Gasteiger partial charge in [0.15, 0.2) is 11.6 Å². The lowest BCUT2D eigenvalue weighted by atomic mass is 10.0. The number of hydrogen-bond acceptors (Lipinski definition) is 2. The van der Waals surface area contributed by atoms with Crippen LogP contribution in [0, 0.1) is 23.5 Å². The van der Waals surface area contributed by atoms with Gasteiger partial charge in [-0.05, 0) is 50.8 Å². The third-order valence-electron chi connectivity index (χ3n) is 5.24. The Hall–Kier alpha value is -1.00. The van der Waals surface area contributed by atoms with Crippen molar-refractivity contribution in [1.82, 2.24) is 10.2 Å². The molecule has 0 radical (unpaired) electrons. The molecule has 1 aromatic rings. The first-order valence-corrected chi connectivity index (χ1v) is 8.02. The van der Waals surface area contributed by atoms with E-state index < -0.39 is 11.6 Å². The highest BCUT2D eigenvalue weighted by molar-refractivity contribution is 5.22. The summed E-state index contributed by atoms with van der Waals surface area (Å²) >= 11 is 0. The van der Waals surface area contributed by atoms with Crippen LogP contribution in [0.4, 0.5) is 8.78 Å². The summed E-state index contributed by atoms with van der Waals surface area (Å²) in [6.45, 7) is 3.33. The zero-order valence-corrected chi connectivity index (χ0v) is 12.6. The van der Waals surface area contributed by atoms with Crippen LogP contribution in [0.15, 0.2) is 18.2 Å². The van der Waals surface area contributed by atoms with Gasteiger partial charge in [0.2, 0.25) is 0 Å². The van der Waals surface area contributed by atoms with Gasteiger partial charge in [0.25, 0.3) is 0 Å². The number of fused-ring (bicyclic) bond motifs is 1. The van der Waals surface area contributed by atoms with Crippen LogP contribution in [0.1, 0.15) is 37.3 Å². The topological polar surface area (TPSA) is 15.3 Å². The Morgan fingerprint density at radius 1 is 1.24 bits per heavy atom. The van der Waals surface area contributed by atoms with Crippen LogP contribution in [-0.2, 0) is 0 Å². The van der Waals surface area contributed by atoms with Crippen molar-refractivity contribution >= 4 is 0 Å². The lowest BCUT2D eigenvalue weighted by Crippen LogP contribution is -2.28. The van der Waals surface area contributed by atoms with Gasteiger partial charge in [-0.2, -0.15) is 0 Å². The van der Waals surface area contributed by atoms with Crippen LogP contribution < -0.4 is 5.32 Å². The van der Waals surface area contributed by atoms with Crippen molar-refractivity contribution < 1.29 is 8.78 Å². The highest BCUT2D eigenvalue weighted by Crippen LogP contribution is 2.38. The number of rotatable bonds is 5. The van der Waals surface area contributed by atoms with Gasteiger partial charge in [0, 0.05) is 24.7 Å². The molecule has 1 saturated carbocycles.